The molecule has 0 unspecified atom stereocenters. The largest absolute Gasteiger partial charge is 0.367 e. The van der Waals surface area contributed by atoms with Crippen molar-refractivity contribution in [3.63, 3.8) is 0 Å². The maximum Gasteiger partial charge on any atom is 0.257 e. The van der Waals surface area contributed by atoms with E-state index in [-0.39, 0.29) is 11.8 Å². The third kappa shape index (κ3) is 3.53. The third-order valence-corrected chi connectivity index (χ3v) is 4.15. The fraction of sp³-hybridized carbons (Fsp3) is 0.278. The van der Waals surface area contributed by atoms with Crippen molar-refractivity contribution < 1.29 is 9.59 Å². The smallest absolute Gasteiger partial charge is 0.257 e. The average molecular weight is 324 g/mol. The van der Waals surface area contributed by atoms with Gasteiger partial charge in [-0.3, -0.25) is 14.6 Å². The maximum atomic E-state index is 12.6. The molecule has 1 aromatic heterocycles. The molecular weight excluding hydrogens is 304 g/mol. The Morgan fingerprint density at radius 2 is 1.67 bits per heavy atom. The van der Waals surface area contributed by atoms with Crippen LogP contribution in [0, 0.1) is 0 Å². The SMILES string of the molecule is CC(=O)N1CCN(c2ccccc2C(=O)Nc2ccncc2)CC1. The average Bonchev–Trinajstić information content (AvgIpc) is 2.62. The van der Waals surface area contributed by atoms with Gasteiger partial charge in [0.15, 0.2) is 0 Å². The Bertz CT molecular complexity index is 725. The molecule has 1 aliphatic rings. The van der Waals surface area contributed by atoms with Gasteiger partial charge in [-0.2, -0.15) is 0 Å². The van der Waals surface area contributed by atoms with Crippen molar-refractivity contribution in [3.05, 3.63) is 54.4 Å². The van der Waals surface area contributed by atoms with Gasteiger partial charge in [0, 0.05) is 56.9 Å². The molecule has 2 amide bonds. The number of nitrogens with one attached hydrogen (secondary N) is 1. The van der Waals surface area contributed by atoms with E-state index in [0.29, 0.717) is 24.3 Å². The Morgan fingerprint density at radius 3 is 2.33 bits per heavy atom. The Kier molecular flexibility index (Phi) is 4.74. The fourth-order valence-electron chi connectivity index (χ4n) is 2.84. The number of carbonyl (C=O) groups is 2. The summed E-state index contributed by atoms with van der Waals surface area (Å²) in [5, 5.41) is 2.89. The van der Waals surface area contributed by atoms with Crippen LogP contribution in [-0.2, 0) is 4.79 Å². The first-order chi connectivity index (χ1) is 11.6. The van der Waals surface area contributed by atoms with Gasteiger partial charge in [0.1, 0.15) is 0 Å². The Labute approximate surface area is 141 Å². The van der Waals surface area contributed by atoms with E-state index in [4.69, 9.17) is 0 Å². The molecule has 2 heterocycles. The van der Waals surface area contributed by atoms with E-state index < -0.39 is 0 Å². The lowest BCUT2D eigenvalue weighted by molar-refractivity contribution is -0.129. The highest BCUT2D eigenvalue weighted by molar-refractivity contribution is 6.08. The van der Waals surface area contributed by atoms with Gasteiger partial charge in [-0.25, -0.2) is 0 Å². The van der Waals surface area contributed by atoms with Crippen molar-refractivity contribution in [1.29, 1.82) is 0 Å². The quantitative estimate of drug-likeness (QED) is 0.938. The van der Waals surface area contributed by atoms with E-state index in [0.717, 1.165) is 18.8 Å². The first-order valence-electron chi connectivity index (χ1n) is 7.96. The minimum absolute atomic E-state index is 0.0957. The van der Waals surface area contributed by atoms with Crippen LogP contribution in [0.5, 0.6) is 0 Å². The van der Waals surface area contributed by atoms with Crippen LogP contribution in [0.1, 0.15) is 17.3 Å². The van der Waals surface area contributed by atoms with E-state index in [1.165, 1.54) is 0 Å². The second-order valence-electron chi connectivity index (χ2n) is 5.70. The molecule has 6 heteroatoms. The highest BCUT2D eigenvalue weighted by Gasteiger charge is 2.22. The minimum atomic E-state index is -0.147. The summed E-state index contributed by atoms with van der Waals surface area (Å²) in [6.45, 7) is 4.38. The maximum absolute atomic E-state index is 12.6. The molecule has 1 fully saturated rings. The predicted molar refractivity (Wildman–Crippen MR) is 93.1 cm³/mol. The van der Waals surface area contributed by atoms with Gasteiger partial charge in [-0.05, 0) is 24.3 Å². The normalized spacial score (nSPS) is 14.4. The van der Waals surface area contributed by atoms with E-state index in [1.807, 2.05) is 29.2 Å². The van der Waals surface area contributed by atoms with Crippen molar-refractivity contribution >= 4 is 23.2 Å². The second kappa shape index (κ2) is 7.12. The molecule has 0 bridgehead atoms. The number of hydrogen-bond acceptors (Lipinski definition) is 4. The standard InChI is InChI=1S/C18H20N4O2/c1-14(23)21-10-12-22(13-11-21)17-5-3-2-4-16(17)18(24)20-15-6-8-19-9-7-15/h2-9H,10-13H2,1H3,(H,19,20,24). The summed E-state index contributed by atoms with van der Waals surface area (Å²) in [7, 11) is 0. The molecule has 1 N–H and O–H groups in total. The van der Waals surface area contributed by atoms with Crippen LogP contribution < -0.4 is 10.2 Å². The fourth-order valence-corrected chi connectivity index (χ4v) is 2.84. The van der Waals surface area contributed by atoms with E-state index >= 15 is 0 Å². The summed E-state index contributed by atoms with van der Waals surface area (Å²) in [4.78, 5) is 32.0. The highest BCUT2D eigenvalue weighted by Crippen LogP contribution is 2.23. The summed E-state index contributed by atoms with van der Waals surface area (Å²) >= 11 is 0. The molecule has 1 saturated heterocycles. The summed E-state index contributed by atoms with van der Waals surface area (Å²) in [6.07, 6.45) is 3.28. The number of piperazine rings is 1. The minimum Gasteiger partial charge on any atom is -0.367 e. The summed E-state index contributed by atoms with van der Waals surface area (Å²) in [6, 6.07) is 11.1. The van der Waals surface area contributed by atoms with Crippen LogP contribution in [0.4, 0.5) is 11.4 Å². The Hall–Kier alpha value is -2.89. The van der Waals surface area contributed by atoms with Crippen LogP contribution in [0.25, 0.3) is 0 Å². The third-order valence-electron chi connectivity index (χ3n) is 4.15. The summed E-state index contributed by atoms with van der Waals surface area (Å²) in [5.41, 5.74) is 2.24. The number of amides is 2. The Balaban J connectivity index is 1.76. The number of aromatic nitrogens is 1. The highest BCUT2D eigenvalue weighted by atomic mass is 16.2. The number of anilines is 2. The number of carbonyl (C=O) groups excluding carboxylic acids is 2. The van der Waals surface area contributed by atoms with E-state index in [2.05, 4.69) is 15.2 Å². The number of benzene rings is 1. The van der Waals surface area contributed by atoms with Crippen LogP contribution >= 0.6 is 0 Å². The number of nitrogens with zero attached hydrogens (tertiary/aromatic N) is 3. The molecular formula is C18H20N4O2. The van der Waals surface area contributed by atoms with Gasteiger partial charge in [0.2, 0.25) is 5.91 Å². The number of hydrogen-bond donors (Lipinski definition) is 1. The number of para-hydroxylation sites is 1. The molecule has 1 aliphatic heterocycles. The van der Waals surface area contributed by atoms with E-state index in [1.54, 1.807) is 31.5 Å². The van der Waals surface area contributed by atoms with Crippen LogP contribution in [0.15, 0.2) is 48.8 Å². The van der Waals surface area contributed by atoms with Gasteiger partial charge in [-0.1, -0.05) is 12.1 Å². The van der Waals surface area contributed by atoms with Crippen molar-refractivity contribution in [1.82, 2.24) is 9.88 Å². The van der Waals surface area contributed by atoms with Gasteiger partial charge >= 0.3 is 0 Å². The zero-order valence-electron chi connectivity index (χ0n) is 13.6. The molecule has 0 radical (unpaired) electrons. The molecule has 1 aromatic carbocycles. The molecule has 0 spiro atoms. The van der Waals surface area contributed by atoms with Gasteiger partial charge in [-0.15, -0.1) is 0 Å². The van der Waals surface area contributed by atoms with Crippen LogP contribution in [0.2, 0.25) is 0 Å². The first kappa shape index (κ1) is 16.0. The zero-order chi connectivity index (χ0) is 16.9. The van der Waals surface area contributed by atoms with Crippen molar-refractivity contribution in [2.24, 2.45) is 0 Å². The van der Waals surface area contributed by atoms with Gasteiger partial charge in [0.05, 0.1) is 5.56 Å². The van der Waals surface area contributed by atoms with Gasteiger partial charge < -0.3 is 15.1 Å². The zero-order valence-corrected chi connectivity index (χ0v) is 13.6. The lowest BCUT2D eigenvalue weighted by Crippen LogP contribution is -2.48. The van der Waals surface area contributed by atoms with Gasteiger partial charge in [0.25, 0.3) is 5.91 Å². The Morgan fingerprint density at radius 1 is 1.00 bits per heavy atom. The summed E-state index contributed by atoms with van der Waals surface area (Å²) < 4.78 is 0. The molecule has 0 saturated carbocycles. The molecule has 0 atom stereocenters. The van der Waals surface area contributed by atoms with E-state index in [9.17, 15) is 9.59 Å². The molecule has 2 aromatic rings. The van der Waals surface area contributed by atoms with Crippen molar-refractivity contribution in [2.45, 2.75) is 6.92 Å². The molecule has 124 valence electrons. The number of pyridine rings is 1. The van der Waals surface area contributed by atoms with Crippen LogP contribution in [-0.4, -0.2) is 47.9 Å². The molecule has 24 heavy (non-hydrogen) atoms. The molecule has 0 aliphatic carbocycles. The lowest BCUT2D eigenvalue weighted by atomic mass is 10.1. The first-order valence-corrected chi connectivity index (χ1v) is 7.96. The van der Waals surface area contributed by atoms with Crippen molar-refractivity contribution in [3.8, 4) is 0 Å². The van der Waals surface area contributed by atoms with Crippen LogP contribution in [0.3, 0.4) is 0 Å². The lowest BCUT2D eigenvalue weighted by Gasteiger charge is -2.36. The molecule has 6 nitrogen and oxygen atoms in total. The predicted octanol–water partition coefficient (Wildman–Crippen LogP) is 2.00. The monoisotopic (exact) mass is 324 g/mol. The van der Waals surface area contributed by atoms with Crippen molar-refractivity contribution in [2.75, 3.05) is 36.4 Å². The second-order valence-corrected chi connectivity index (χ2v) is 5.70. The summed E-state index contributed by atoms with van der Waals surface area (Å²) in [5.74, 6) is -0.0517. The topological polar surface area (TPSA) is 65.5 Å². The molecule has 3 rings (SSSR count). The number of rotatable bonds is 3.